The molecule has 64 valence electrons. The van der Waals surface area contributed by atoms with Crippen molar-refractivity contribution in [1.29, 1.82) is 0 Å². The molecule has 0 saturated carbocycles. The molecule has 0 unspecified atom stereocenters. The highest BCUT2D eigenvalue weighted by Crippen LogP contribution is 2.24. The van der Waals surface area contributed by atoms with E-state index in [9.17, 15) is 10.1 Å². The molecule has 0 fully saturated rings. The minimum Gasteiger partial charge on any atom is -0.258 e. The van der Waals surface area contributed by atoms with E-state index in [4.69, 9.17) is 0 Å². The van der Waals surface area contributed by atoms with Gasteiger partial charge in [-0.1, -0.05) is 0 Å². The quantitative estimate of drug-likeness (QED) is 0.338. The summed E-state index contributed by atoms with van der Waals surface area (Å²) in [5, 5.41) is 10.3. The fourth-order valence-electron chi connectivity index (χ4n) is 0.687. The Hall–Kier alpha value is -0.120. The third-order valence-electron chi connectivity index (χ3n) is 1.26. The van der Waals surface area contributed by atoms with E-state index < -0.39 is 4.92 Å². The third kappa shape index (κ3) is 2.44. The molecule has 0 heterocycles. The normalized spacial score (nSPS) is 9.50. The minimum absolute atomic E-state index is 0.119. The summed E-state index contributed by atoms with van der Waals surface area (Å²) in [7, 11) is 0. The summed E-state index contributed by atoms with van der Waals surface area (Å²) >= 11 is 4.18. The van der Waals surface area contributed by atoms with Crippen molar-refractivity contribution in [2.75, 3.05) is 1.33 Å². The van der Waals surface area contributed by atoms with Crippen molar-refractivity contribution in [2.24, 2.45) is 0 Å². The molecule has 6 heteroatoms. The Balaban J connectivity index is 2.93. The van der Waals surface area contributed by atoms with Crippen molar-refractivity contribution in [2.45, 2.75) is 0 Å². The average molecular weight is 390 g/mol. The van der Waals surface area contributed by atoms with Crippen molar-refractivity contribution < 1.29 is 4.92 Å². The summed E-state index contributed by atoms with van der Waals surface area (Å²) < 4.78 is 1.83. The van der Waals surface area contributed by atoms with Crippen molar-refractivity contribution in [3.8, 4) is 0 Å². The minimum atomic E-state index is -0.408. The standard InChI is InChI=1S/C6H4I2N2O2/c7-9(8)5-1-3-6(4-2-5)10(11)12/h1-4H. The van der Waals surface area contributed by atoms with Crippen LogP contribution < -0.4 is 1.33 Å². The first-order valence-corrected chi connectivity index (χ1v) is 4.90. The Labute approximate surface area is 97.1 Å². The van der Waals surface area contributed by atoms with Gasteiger partial charge in [0, 0.05) is 12.1 Å². The summed E-state index contributed by atoms with van der Waals surface area (Å²) in [5.41, 5.74) is 1.05. The van der Waals surface area contributed by atoms with Crippen molar-refractivity contribution in [1.82, 2.24) is 0 Å². The fourth-order valence-corrected chi connectivity index (χ4v) is 1.33. The maximum Gasteiger partial charge on any atom is 0.269 e. The van der Waals surface area contributed by atoms with Crippen LogP contribution in [-0.4, -0.2) is 4.92 Å². The lowest BCUT2D eigenvalue weighted by Gasteiger charge is -2.04. The Kier molecular flexibility index (Phi) is 3.50. The van der Waals surface area contributed by atoms with Gasteiger partial charge >= 0.3 is 0 Å². The number of rotatable bonds is 2. The Bertz CT molecular complexity index is 286. The van der Waals surface area contributed by atoms with Gasteiger partial charge in [0.25, 0.3) is 5.69 Å². The molecular weight excluding hydrogens is 386 g/mol. The summed E-state index contributed by atoms with van der Waals surface area (Å²) in [4.78, 5) is 9.86. The number of nitro benzene ring substituents is 1. The molecular formula is C6H4I2N2O2. The van der Waals surface area contributed by atoms with Gasteiger partial charge in [0.1, 0.15) is 0 Å². The predicted molar refractivity (Wildman–Crippen MR) is 63.6 cm³/mol. The molecule has 0 N–H and O–H groups in total. The maximum absolute atomic E-state index is 10.3. The molecule has 0 spiro atoms. The molecule has 0 atom stereocenters. The summed E-state index contributed by atoms with van der Waals surface area (Å²) in [6.07, 6.45) is 0. The van der Waals surface area contributed by atoms with Crippen LogP contribution in [0.25, 0.3) is 0 Å². The zero-order valence-corrected chi connectivity index (χ0v) is 10.1. The second kappa shape index (κ2) is 4.21. The van der Waals surface area contributed by atoms with Crippen LogP contribution in [0.4, 0.5) is 11.4 Å². The van der Waals surface area contributed by atoms with E-state index in [-0.39, 0.29) is 5.69 Å². The molecule has 0 saturated heterocycles. The number of halogens is 2. The molecule has 12 heavy (non-hydrogen) atoms. The van der Waals surface area contributed by atoms with Crippen molar-refractivity contribution in [3.05, 3.63) is 34.4 Å². The van der Waals surface area contributed by atoms with Gasteiger partial charge in [-0.15, -0.1) is 0 Å². The highest BCUT2D eigenvalue weighted by molar-refractivity contribution is 14.2. The first kappa shape index (κ1) is 9.96. The number of hydrogen-bond donors (Lipinski definition) is 0. The van der Waals surface area contributed by atoms with Gasteiger partial charge in [-0.25, -0.2) is 0 Å². The van der Waals surface area contributed by atoms with Gasteiger partial charge in [-0.05, 0) is 12.1 Å². The van der Waals surface area contributed by atoms with E-state index >= 15 is 0 Å². The molecule has 4 nitrogen and oxygen atoms in total. The van der Waals surface area contributed by atoms with Crippen molar-refractivity contribution in [3.63, 3.8) is 0 Å². The lowest BCUT2D eigenvalue weighted by Crippen LogP contribution is -1.91. The van der Waals surface area contributed by atoms with E-state index in [0.717, 1.165) is 5.69 Å². The molecule has 1 rings (SSSR count). The van der Waals surface area contributed by atoms with Crippen LogP contribution in [0.5, 0.6) is 0 Å². The largest absolute Gasteiger partial charge is 0.269 e. The number of non-ortho nitro benzene ring substituents is 1. The second-order valence-electron chi connectivity index (χ2n) is 2.01. The summed E-state index contributed by atoms with van der Waals surface area (Å²) in [6.45, 7) is 0. The monoisotopic (exact) mass is 390 g/mol. The van der Waals surface area contributed by atoms with Gasteiger partial charge in [-0.3, -0.25) is 11.4 Å². The molecule has 0 aromatic heterocycles. The van der Waals surface area contributed by atoms with Gasteiger partial charge in [-0.2, -0.15) is 0 Å². The molecule has 0 bridgehead atoms. The lowest BCUT2D eigenvalue weighted by molar-refractivity contribution is -0.384. The number of benzene rings is 1. The van der Waals surface area contributed by atoms with E-state index in [1.807, 2.05) is 1.33 Å². The van der Waals surface area contributed by atoms with E-state index in [2.05, 4.69) is 45.7 Å². The third-order valence-corrected chi connectivity index (χ3v) is 2.37. The first-order chi connectivity index (χ1) is 5.61. The zero-order chi connectivity index (χ0) is 9.14. The van der Waals surface area contributed by atoms with E-state index in [1.165, 1.54) is 12.1 Å². The van der Waals surface area contributed by atoms with Crippen LogP contribution >= 0.6 is 45.7 Å². The number of anilines is 1. The van der Waals surface area contributed by atoms with Crippen LogP contribution in [0.1, 0.15) is 0 Å². The molecule has 0 amide bonds. The van der Waals surface area contributed by atoms with Crippen LogP contribution in [-0.2, 0) is 0 Å². The lowest BCUT2D eigenvalue weighted by atomic mass is 10.3. The maximum atomic E-state index is 10.3. The SMILES string of the molecule is O=[N+]([O-])c1ccc(N(I)I)cc1. The molecule has 0 radical (unpaired) electrons. The predicted octanol–water partition coefficient (Wildman–Crippen LogP) is 3.10. The second-order valence-corrected chi connectivity index (χ2v) is 5.78. The van der Waals surface area contributed by atoms with E-state index in [1.54, 1.807) is 12.1 Å². The Morgan fingerprint density at radius 2 is 1.75 bits per heavy atom. The van der Waals surface area contributed by atoms with Crippen molar-refractivity contribution >= 4 is 57.1 Å². The number of hydrogen-bond acceptors (Lipinski definition) is 3. The number of nitro groups is 1. The highest BCUT2D eigenvalue weighted by Gasteiger charge is 2.04. The molecule has 0 aliphatic carbocycles. The Morgan fingerprint density at radius 3 is 2.08 bits per heavy atom. The topological polar surface area (TPSA) is 46.4 Å². The van der Waals surface area contributed by atoms with Crippen LogP contribution in [0.3, 0.4) is 0 Å². The average Bonchev–Trinajstić information content (AvgIpc) is 2.04. The van der Waals surface area contributed by atoms with Crippen LogP contribution in [0, 0.1) is 10.1 Å². The highest BCUT2D eigenvalue weighted by atomic mass is 127. The van der Waals surface area contributed by atoms with Gasteiger partial charge in [0.2, 0.25) is 0 Å². The van der Waals surface area contributed by atoms with Gasteiger partial charge in [0.15, 0.2) is 0 Å². The molecule has 1 aromatic rings. The zero-order valence-electron chi connectivity index (χ0n) is 5.78. The Morgan fingerprint density at radius 1 is 1.25 bits per heavy atom. The fraction of sp³-hybridized carbons (Fsp3) is 0. The van der Waals surface area contributed by atoms with Crippen LogP contribution in [0.15, 0.2) is 24.3 Å². The van der Waals surface area contributed by atoms with Crippen LogP contribution in [0.2, 0.25) is 0 Å². The first-order valence-electron chi connectivity index (χ1n) is 2.97. The molecule has 0 aliphatic heterocycles. The molecule has 1 aromatic carbocycles. The number of nitrogens with zero attached hydrogens (tertiary/aromatic N) is 2. The van der Waals surface area contributed by atoms with Gasteiger partial charge in [0.05, 0.1) is 56.3 Å². The summed E-state index contributed by atoms with van der Waals surface area (Å²) in [6, 6.07) is 6.38. The summed E-state index contributed by atoms with van der Waals surface area (Å²) in [5.74, 6) is 0. The molecule has 0 aliphatic rings. The van der Waals surface area contributed by atoms with E-state index in [0.29, 0.717) is 0 Å². The smallest absolute Gasteiger partial charge is 0.258 e. The van der Waals surface area contributed by atoms with Gasteiger partial charge < -0.3 is 0 Å².